The third-order valence-corrected chi connectivity index (χ3v) is 6.01. The Balaban J connectivity index is 1.48. The summed E-state index contributed by atoms with van der Waals surface area (Å²) in [6.07, 6.45) is 0. The Morgan fingerprint density at radius 3 is 2.56 bits per heavy atom. The standard InChI is InChI=1S/C21H22N4OS/c1-13(12-25-15(3)23-16-8-4-6-10-18(16)25)20(26)22-14(2)21-24-17-9-5-7-11-19(17)27-21/h4-11,13-14H,12H2,1-3H3,(H,22,26)/t13-,14-/m0/s1. The van der Waals surface area contributed by atoms with Gasteiger partial charge in [-0.15, -0.1) is 11.3 Å². The van der Waals surface area contributed by atoms with E-state index in [0.717, 1.165) is 32.1 Å². The lowest BCUT2D eigenvalue weighted by Gasteiger charge is -2.17. The minimum atomic E-state index is -0.168. The molecule has 0 saturated carbocycles. The summed E-state index contributed by atoms with van der Waals surface area (Å²) in [5.74, 6) is 0.784. The maximum atomic E-state index is 12.7. The Hall–Kier alpha value is -2.73. The van der Waals surface area contributed by atoms with Crippen molar-refractivity contribution >= 4 is 38.5 Å². The van der Waals surface area contributed by atoms with Crippen LogP contribution >= 0.6 is 11.3 Å². The van der Waals surface area contributed by atoms with Gasteiger partial charge in [-0.05, 0) is 38.1 Å². The number of para-hydroxylation sites is 3. The molecule has 0 saturated heterocycles. The summed E-state index contributed by atoms with van der Waals surface area (Å²) in [6, 6.07) is 16.0. The minimum Gasteiger partial charge on any atom is -0.347 e. The molecule has 0 radical (unpaired) electrons. The van der Waals surface area contributed by atoms with Gasteiger partial charge in [0.1, 0.15) is 10.8 Å². The first-order chi connectivity index (χ1) is 13.0. The van der Waals surface area contributed by atoms with E-state index in [2.05, 4.69) is 25.9 Å². The number of nitrogens with zero attached hydrogens (tertiary/aromatic N) is 3. The number of imidazole rings is 1. The summed E-state index contributed by atoms with van der Waals surface area (Å²) >= 11 is 1.63. The Morgan fingerprint density at radius 2 is 1.78 bits per heavy atom. The Kier molecular flexibility index (Phi) is 4.66. The number of benzene rings is 2. The lowest BCUT2D eigenvalue weighted by Crippen LogP contribution is -2.33. The molecule has 0 spiro atoms. The second-order valence-corrected chi connectivity index (χ2v) is 7.97. The largest absolute Gasteiger partial charge is 0.347 e. The van der Waals surface area contributed by atoms with Gasteiger partial charge in [0, 0.05) is 6.54 Å². The van der Waals surface area contributed by atoms with Crippen LogP contribution in [0.25, 0.3) is 21.3 Å². The van der Waals surface area contributed by atoms with Crippen LogP contribution in [0.5, 0.6) is 0 Å². The highest BCUT2D eigenvalue weighted by molar-refractivity contribution is 7.18. The quantitative estimate of drug-likeness (QED) is 0.557. The van der Waals surface area contributed by atoms with Crippen molar-refractivity contribution in [2.24, 2.45) is 5.92 Å². The fraction of sp³-hybridized carbons (Fsp3) is 0.286. The topological polar surface area (TPSA) is 59.8 Å². The van der Waals surface area contributed by atoms with Crippen molar-refractivity contribution in [2.45, 2.75) is 33.4 Å². The molecule has 0 bridgehead atoms. The predicted octanol–water partition coefficient (Wildman–Crippen LogP) is 4.47. The van der Waals surface area contributed by atoms with Crippen molar-refractivity contribution in [2.75, 3.05) is 0 Å². The fourth-order valence-corrected chi connectivity index (χ4v) is 4.25. The van der Waals surface area contributed by atoms with Gasteiger partial charge < -0.3 is 9.88 Å². The van der Waals surface area contributed by atoms with Gasteiger partial charge in [-0.3, -0.25) is 4.79 Å². The van der Waals surface area contributed by atoms with Gasteiger partial charge in [0.05, 0.1) is 33.2 Å². The van der Waals surface area contributed by atoms with Gasteiger partial charge in [-0.25, -0.2) is 9.97 Å². The summed E-state index contributed by atoms with van der Waals surface area (Å²) < 4.78 is 3.25. The maximum absolute atomic E-state index is 12.7. The number of aryl methyl sites for hydroxylation is 1. The normalized spacial score (nSPS) is 13.7. The molecule has 2 atom stereocenters. The molecule has 0 aliphatic carbocycles. The molecule has 1 amide bonds. The lowest BCUT2D eigenvalue weighted by atomic mass is 10.1. The highest BCUT2D eigenvalue weighted by Gasteiger charge is 2.20. The van der Waals surface area contributed by atoms with Crippen LogP contribution in [0.3, 0.4) is 0 Å². The van der Waals surface area contributed by atoms with Crippen molar-refractivity contribution in [3.05, 3.63) is 59.4 Å². The lowest BCUT2D eigenvalue weighted by molar-refractivity contribution is -0.125. The average molecular weight is 379 g/mol. The summed E-state index contributed by atoms with van der Waals surface area (Å²) in [6.45, 7) is 6.52. The predicted molar refractivity (Wildman–Crippen MR) is 110 cm³/mol. The smallest absolute Gasteiger partial charge is 0.225 e. The molecule has 5 nitrogen and oxygen atoms in total. The van der Waals surface area contributed by atoms with Gasteiger partial charge in [0.15, 0.2) is 0 Å². The number of fused-ring (bicyclic) bond motifs is 2. The number of rotatable bonds is 5. The SMILES string of the molecule is Cc1nc2ccccc2n1C[C@H](C)C(=O)N[C@@H](C)c1nc2ccccc2s1. The summed E-state index contributed by atoms with van der Waals surface area (Å²) in [5, 5.41) is 4.04. The van der Waals surface area contributed by atoms with Crippen LogP contribution in [-0.2, 0) is 11.3 Å². The van der Waals surface area contributed by atoms with Crippen molar-refractivity contribution < 1.29 is 4.79 Å². The average Bonchev–Trinajstić information content (AvgIpc) is 3.23. The van der Waals surface area contributed by atoms with Crippen LogP contribution in [-0.4, -0.2) is 20.4 Å². The zero-order chi connectivity index (χ0) is 19.0. The van der Waals surface area contributed by atoms with Crippen LogP contribution in [0.2, 0.25) is 0 Å². The first-order valence-corrected chi connectivity index (χ1v) is 9.92. The fourth-order valence-electron chi connectivity index (χ4n) is 3.28. The molecule has 2 aromatic carbocycles. The van der Waals surface area contributed by atoms with E-state index < -0.39 is 0 Å². The molecule has 2 aromatic heterocycles. The van der Waals surface area contributed by atoms with Crippen molar-refractivity contribution in [3.63, 3.8) is 0 Å². The summed E-state index contributed by atoms with van der Waals surface area (Å²) in [4.78, 5) is 22.0. The van der Waals surface area contributed by atoms with Crippen LogP contribution in [0.4, 0.5) is 0 Å². The third-order valence-electron chi connectivity index (χ3n) is 4.79. The van der Waals surface area contributed by atoms with E-state index >= 15 is 0 Å². The highest BCUT2D eigenvalue weighted by atomic mass is 32.1. The van der Waals surface area contributed by atoms with Gasteiger partial charge in [-0.1, -0.05) is 31.2 Å². The summed E-state index contributed by atoms with van der Waals surface area (Å²) in [7, 11) is 0. The Bertz CT molecular complexity index is 1080. The second kappa shape index (κ2) is 7.12. The van der Waals surface area contributed by atoms with Crippen LogP contribution in [0, 0.1) is 12.8 Å². The third kappa shape index (κ3) is 3.45. The van der Waals surface area contributed by atoms with Gasteiger partial charge in [-0.2, -0.15) is 0 Å². The molecule has 2 heterocycles. The molecular weight excluding hydrogens is 356 g/mol. The van der Waals surface area contributed by atoms with E-state index in [4.69, 9.17) is 0 Å². The van der Waals surface area contributed by atoms with Gasteiger partial charge in [0.2, 0.25) is 5.91 Å². The molecule has 4 aromatic rings. The van der Waals surface area contributed by atoms with Crippen molar-refractivity contribution in [1.82, 2.24) is 19.9 Å². The molecule has 1 N–H and O–H groups in total. The Morgan fingerprint density at radius 1 is 1.07 bits per heavy atom. The molecule has 0 aliphatic rings. The summed E-state index contributed by atoms with van der Waals surface area (Å²) in [5.41, 5.74) is 3.01. The minimum absolute atomic E-state index is 0.0268. The van der Waals surface area contributed by atoms with Crippen LogP contribution < -0.4 is 5.32 Å². The second-order valence-electron chi connectivity index (χ2n) is 6.91. The Labute approximate surface area is 162 Å². The number of hydrogen-bond acceptors (Lipinski definition) is 4. The van der Waals surface area contributed by atoms with Crippen molar-refractivity contribution in [3.8, 4) is 0 Å². The molecule has 0 unspecified atom stereocenters. The van der Waals surface area contributed by atoms with E-state index in [9.17, 15) is 4.79 Å². The monoisotopic (exact) mass is 378 g/mol. The first-order valence-electron chi connectivity index (χ1n) is 9.10. The molecule has 4 rings (SSSR count). The number of nitrogens with one attached hydrogen (secondary N) is 1. The van der Waals surface area contributed by atoms with E-state index in [1.165, 1.54) is 0 Å². The first kappa shape index (κ1) is 17.7. The van der Waals surface area contributed by atoms with Crippen molar-refractivity contribution in [1.29, 1.82) is 0 Å². The molecule has 6 heteroatoms. The molecule has 0 aliphatic heterocycles. The van der Waals surface area contributed by atoms with Gasteiger partial charge >= 0.3 is 0 Å². The number of aromatic nitrogens is 3. The highest BCUT2D eigenvalue weighted by Crippen LogP contribution is 2.26. The van der Waals surface area contributed by atoms with Crippen LogP contribution in [0.1, 0.15) is 30.7 Å². The van der Waals surface area contributed by atoms with E-state index in [1.807, 2.05) is 63.2 Å². The molecule has 138 valence electrons. The number of thiazole rings is 1. The number of hydrogen-bond donors (Lipinski definition) is 1. The molecule has 0 fully saturated rings. The van der Waals surface area contributed by atoms with Crippen LogP contribution in [0.15, 0.2) is 48.5 Å². The van der Waals surface area contributed by atoms with E-state index in [0.29, 0.717) is 6.54 Å². The maximum Gasteiger partial charge on any atom is 0.225 e. The molecular formula is C21H22N4OS. The number of carbonyl (C=O) groups is 1. The van der Waals surface area contributed by atoms with Gasteiger partial charge in [0.25, 0.3) is 0 Å². The molecule has 27 heavy (non-hydrogen) atoms. The zero-order valence-electron chi connectivity index (χ0n) is 15.6. The number of amides is 1. The van der Waals surface area contributed by atoms with E-state index in [-0.39, 0.29) is 17.9 Å². The van der Waals surface area contributed by atoms with E-state index in [1.54, 1.807) is 11.3 Å². The number of carbonyl (C=O) groups excluding carboxylic acids is 1. The zero-order valence-corrected chi connectivity index (χ0v) is 16.5.